The van der Waals surface area contributed by atoms with Gasteiger partial charge in [0.1, 0.15) is 23.6 Å². The predicted octanol–water partition coefficient (Wildman–Crippen LogP) is 2.84. The van der Waals surface area contributed by atoms with E-state index in [1.54, 1.807) is 19.9 Å². The summed E-state index contributed by atoms with van der Waals surface area (Å²) in [6.07, 6.45) is 0.185. The first-order valence-corrected chi connectivity index (χ1v) is 9.13. The molecule has 0 spiro atoms. The number of hydrogen-bond donors (Lipinski definition) is 2. The lowest BCUT2D eigenvalue weighted by Gasteiger charge is -2.25. The molecule has 1 aliphatic heterocycles. The van der Waals surface area contributed by atoms with Crippen LogP contribution in [-0.4, -0.2) is 34.2 Å². The van der Waals surface area contributed by atoms with E-state index in [2.05, 4.69) is 10.6 Å². The van der Waals surface area contributed by atoms with Gasteiger partial charge in [-0.25, -0.2) is 9.18 Å². The number of carbonyl (C=O) groups is 3. The van der Waals surface area contributed by atoms with E-state index < -0.39 is 40.7 Å². The molecule has 1 fully saturated rings. The first-order chi connectivity index (χ1) is 14.2. The molecule has 3 rings (SSSR count). The van der Waals surface area contributed by atoms with Crippen LogP contribution in [-0.2, 0) is 15.1 Å². The number of halogens is 1. The molecular formula is C20H19FN4O5. The average Bonchev–Trinajstić information content (AvgIpc) is 2.94. The van der Waals surface area contributed by atoms with E-state index >= 15 is 0 Å². The Labute approximate surface area is 171 Å². The molecule has 0 aromatic heterocycles. The third-order valence-electron chi connectivity index (χ3n) is 4.97. The Morgan fingerprint density at radius 1 is 1.23 bits per heavy atom. The van der Waals surface area contributed by atoms with Crippen LogP contribution < -0.4 is 10.6 Å². The lowest BCUT2D eigenvalue weighted by Crippen LogP contribution is -2.44. The number of urea groups is 1. The molecule has 2 N–H and O–H groups in total. The molecule has 2 aromatic carbocycles. The maximum absolute atomic E-state index is 13.3. The lowest BCUT2D eigenvalue weighted by atomic mass is 9.87. The van der Waals surface area contributed by atoms with E-state index in [1.807, 2.05) is 0 Å². The van der Waals surface area contributed by atoms with Crippen LogP contribution in [0.4, 0.5) is 20.6 Å². The zero-order valence-corrected chi connectivity index (χ0v) is 16.3. The Bertz CT molecular complexity index is 1040. The molecule has 1 heterocycles. The van der Waals surface area contributed by atoms with Crippen molar-refractivity contribution in [1.82, 2.24) is 10.2 Å². The fourth-order valence-corrected chi connectivity index (χ4v) is 3.38. The van der Waals surface area contributed by atoms with Gasteiger partial charge in [-0.15, -0.1) is 0 Å². The predicted molar refractivity (Wildman–Crippen MR) is 105 cm³/mol. The number of nitrogens with one attached hydrogen (secondary N) is 2. The molecular weight excluding hydrogens is 395 g/mol. The van der Waals surface area contributed by atoms with Crippen LogP contribution in [0.25, 0.3) is 0 Å². The van der Waals surface area contributed by atoms with E-state index in [0.29, 0.717) is 11.1 Å². The number of imide groups is 1. The molecule has 4 amide bonds. The summed E-state index contributed by atoms with van der Waals surface area (Å²) >= 11 is 0. The van der Waals surface area contributed by atoms with Crippen molar-refractivity contribution in [3.8, 4) is 0 Å². The zero-order valence-electron chi connectivity index (χ0n) is 16.3. The molecule has 0 saturated carbocycles. The van der Waals surface area contributed by atoms with E-state index in [0.717, 1.165) is 4.90 Å². The molecule has 9 nitrogen and oxygen atoms in total. The number of hydrogen-bond acceptors (Lipinski definition) is 5. The van der Waals surface area contributed by atoms with Gasteiger partial charge >= 0.3 is 6.03 Å². The largest absolute Gasteiger partial charge is 0.325 e. The molecule has 1 aliphatic rings. The van der Waals surface area contributed by atoms with Crippen molar-refractivity contribution in [2.24, 2.45) is 0 Å². The van der Waals surface area contributed by atoms with Gasteiger partial charge in [0.25, 0.3) is 11.6 Å². The Morgan fingerprint density at radius 2 is 1.90 bits per heavy atom. The minimum atomic E-state index is -1.42. The third kappa shape index (κ3) is 3.71. The van der Waals surface area contributed by atoms with Gasteiger partial charge in [-0.2, -0.15) is 0 Å². The Balaban J connectivity index is 1.81. The normalized spacial score (nSPS) is 18.3. The number of carbonyl (C=O) groups excluding carboxylic acids is 3. The topological polar surface area (TPSA) is 122 Å². The molecule has 30 heavy (non-hydrogen) atoms. The second kappa shape index (κ2) is 7.90. The Hall–Kier alpha value is -3.82. The second-order valence-corrected chi connectivity index (χ2v) is 6.91. The molecule has 1 saturated heterocycles. The van der Waals surface area contributed by atoms with Crippen LogP contribution in [0, 0.1) is 22.9 Å². The van der Waals surface area contributed by atoms with Crippen LogP contribution in [0.15, 0.2) is 42.5 Å². The van der Waals surface area contributed by atoms with Crippen LogP contribution in [0.1, 0.15) is 24.5 Å². The first-order valence-electron chi connectivity index (χ1n) is 9.13. The summed E-state index contributed by atoms with van der Waals surface area (Å²) in [5, 5.41) is 16.2. The van der Waals surface area contributed by atoms with Crippen molar-refractivity contribution in [2.75, 3.05) is 11.9 Å². The number of nitrogens with zero attached hydrogens (tertiary/aromatic N) is 2. The van der Waals surface area contributed by atoms with Crippen molar-refractivity contribution in [1.29, 1.82) is 0 Å². The zero-order chi connectivity index (χ0) is 22.1. The first kappa shape index (κ1) is 20.9. The minimum absolute atomic E-state index is 0.0389. The Morgan fingerprint density at radius 3 is 2.50 bits per heavy atom. The molecule has 0 unspecified atom stereocenters. The molecule has 0 aliphatic carbocycles. The smallest absolute Gasteiger partial charge is 0.319 e. The van der Waals surface area contributed by atoms with E-state index in [-0.39, 0.29) is 17.8 Å². The molecule has 0 radical (unpaired) electrons. The van der Waals surface area contributed by atoms with Gasteiger partial charge in [-0.1, -0.05) is 25.1 Å². The Kier molecular flexibility index (Phi) is 5.50. The highest BCUT2D eigenvalue weighted by Crippen LogP contribution is 2.32. The van der Waals surface area contributed by atoms with Crippen LogP contribution in [0.2, 0.25) is 0 Å². The monoisotopic (exact) mass is 414 g/mol. The van der Waals surface area contributed by atoms with Crippen molar-refractivity contribution < 1.29 is 23.7 Å². The van der Waals surface area contributed by atoms with E-state index in [9.17, 15) is 28.9 Å². The van der Waals surface area contributed by atoms with Crippen LogP contribution in [0.5, 0.6) is 0 Å². The number of rotatable bonds is 6. The van der Waals surface area contributed by atoms with E-state index in [4.69, 9.17) is 0 Å². The molecule has 156 valence electrons. The molecule has 1 atom stereocenters. The van der Waals surface area contributed by atoms with E-state index in [1.165, 1.54) is 36.4 Å². The molecule has 0 bridgehead atoms. The standard InChI is InChI=1S/C20H19FN4O5/c1-3-20(13-5-7-14(21)8-6-13)18(27)24(19(28)23-20)11-17(26)22-15-9-4-12(2)10-16(15)25(29)30/h4-10H,3,11H2,1-2H3,(H,22,26)(H,23,28)/t20-/m1/s1. The molecule has 10 heteroatoms. The van der Waals surface area contributed by atoms with Gasteiger partial charge < -0.3 is 10.6 Å². The van der Waals surface area contributed by atoms with Crippen molar-refractivity contribution >= 4 is 29.2 Å². The van der Waals surface area contributed by atoms with Crippen molar-refractivity contribution in [3.05, 3.63) is 69.5 Å². The van der Waals surface area contributed by atoms with Gasteiger partial charge in [0, 0.05) is 6.07 Å². The van der Waals surface area contributed by atoms with Gasteiger partial charge in [0.15, 0.2) is 0 Å². The summed E-state index contributed by atoms with van der Waals surface area (Å²) in [7, 11) is 0. The maximum Gasteiger partial charge on any atom is 0.325 e. The average molecular weight is 414 g/mol. The third-order valence-corrected chi connectivity index (χ3v) is 4.97. The summed E-state index contributed by atoms with van der Waals surface area (Å²) in [5.41, 5.74) is -0.721. The fourth-order valence-electron chi connectivity index (χ4n) is 3.38. The van der Waals surface area contributed by atoms with Crippen LogP contribution >= 0.6 is 0 Å². The summed E-state index contributed by atoms with van der Waals surface area (Å²) in [5.74, 6) is -1.91. The maximum atomic E-state index is 13.3. The number of benzene rings is 2. The number of aryl methyl sites for hydroxylation is 1. The summed E-state index contributed by atoms with van der Waals surface area (Å²) in [6.45, 7) is 2.73. The molecule has 2 aromatic rings. The van der Waals surface area contributed by atoms with Crippen molar-refractivity contribution in [2.45, 2.75) is 25.8 Å². The lowest BCUT2D eigenvalue weighted by molar-refractivity contribution is -0.384. The summed E-state index contributed by atoms with van der Waals surface area (Å²) < 4.78 is 13.3. The summed E-state index contributed by atoms with van der Waals surface area (Å²) in [6, 6.07) is 8.65. The minimum Gasteiger partial charge on any atom is -0.319 e. The SMILES string of the molecule is CC[C@]1(c2ccc(F)cc2)NC(=O)N(CC(=O)Nc2ccc(C)cc2[N+](=O)[O-])C1=O. The number of anilines is 1. The van der Waals surface area contributed by atoms with Gasteiger partial charge in [-0.3, -0.25) is 24.6 Å². The van der Waals surface area contributed by atoms with Crippen molar-refractivity contribution in [3.63, 3.8) is 0 Å². The van der Waals surface area contributed by atoms with Crippen LogP contribution in [0.3, 0.4) is 0 Å². The second-order valence-electron chi connectivity index (χ2n) is 6.91. The van der Waals surface area contributed by atoms with Gasteiger partial charge in [0.2, 0.25) is 5.91 Å². The van der Waals surface area contributed by atoms with Gasteiger partial charge in [-0.05, 0) is 42.7 Å². The highest BCUT2D eigenvalue weighted by atomic mass is 19.1. The highest BCUT2D eigenvalue weighted by molar-refractivity contribution is 6.10. The fraction of sp³-hybridized carbons (Fsp3) is 0.250. The van der Waals surface area contributed by atoms with Gasteiger partial charge in [0.05, 0.1) is 4.92 Å². The number of nitro groups is 1. The quantitative estimate of drug-likeness (QED) is 0.428. The number of nitro benzene ring substituents is 1. The summed E-state index contributed by atoms with van der Waals surface area (Å²) in [4.78, 5) is 49.2. The highest BCUT2D eigenvalue weighted by Gasteiger charge is 2.51. The number of amides is 4.